The number of hydrogen-bond donors (Lipinski definition) is 0. The van der Waals surface area contributed by atoms with E-state index < -0.39 is 17.5 Å². The van der Waals surface area contributed by atoms with E-state index in [9.17, 15) is 13.2 Å². The van der Waals surface area contributed by atoms with Crippen LogP contribution < -0.4 is 0 Å². The molecule has 3 rings (SSSR count). The molecule has 0 unspecified atom stereocenters. The predicted molar refractivity (Wildman–Crippen MR) is 74.6 cm³/mol. The summed E-state index contributed by atoms with van der Waals surface area (Å²) in [4.78, 5) is 7.91. The molecule has 6 heteroatoms. The summed E-state index contributed by atoms with van der Waals surface area (Å²) in [6.45, 7) is 1.78. The Bertz CT molecular complexity index is 865. The fraction of sp³-hybridized carbons (Fsp3) is 0.0667. The molecule has 0 aliphatic heterocycles. The second-order valence-corrected chi connectivity index (χ2v) is 4.96. The van der Waals surface area contributed by atoms with E-state index in [4.69, 9.17) is 11.6 Å². The van der Waals surface area contributed by atoms with Gasteiger partial charge in [0.15, 0.2) is 11.6 Å². The third kappa shape index (κ3) is 2.45. The summed E-state index contributed by atoms with van der Waals surface area (Å²) in [5.41, 5.74) is 0.764. The van der Waals surface area contributed by atoms with Gasteiger partial charge < -0.3 is 0 Å². The average Bonchev–Trinajstić information content (AvgIpc) is 2.42. The molecule has 21 heavy (non-hydrogen) atoms. The lowest BCUT2D eigenvalue weighted by Gasteiger charge is -2.07. The van der Waals surface area contributed by atoms with Crippen LogP contribution in [0.3, 0.4) is 0 Å². The van der Waals surface area contributed by atoms with Crippen molar-refractivity contribution in [1.29, 1.82) is 0 Å². The molecule has 0 atom stereocenters. The molecule has 0 bridgehead atoms. The van der Waals surface area contributed by atoms with Crippen LogP contribution in [0.2, 0.25) is 5.15 Å². The van der Waals surface area contributed by atoms with Crippen molar-refractivity contribution in [2.24, 2.45) is 0 Å². The van der Waals surface area contributed by atoms with Gasteiger partial charge in [0.2, 0.25) is 0 Å². The van der Waals surface area contributed by atoms with Crippen molar-refractivity contribution in [3.05, 3.63) is 58.5 Å². The van der Waals surface area contributed by atoms with Crippen molar-refractivity contribution in [3.8, 4) is 11.4 Å². The molecule has 106 valence electrons. The number of aryl methyl sites for hydroxylation is 1. The Kier molecular flexibility index (Phi) is 3.29. The molecule has 0 spiro atoms. The molecule has 1 aromatic heterocycles. The lowest BCUT2D eigenvalue weighted by molar-refractivity contribution is 0.590. The summed E-state index contributed by atoms with van der Waals surface area (Å²) in [6.07, 6.45) is 0. The van der Waals surface area contributed by atoms with Crippen molar-refractivity contribution >= 4 is 22.5 Å². The van der Waals surface area contributed by atoms with Crippen LogP contribution >= 0.6 is 11.6 Å². The molecule has 1 heterocycles. The highest BCUT2D eigenvalue weighted by atomic mass is 35.5. The van der Waals surface area contributed by atoms with E-state index in [1.165, 1.54) is 12.1 Å². The minimum atomic E-state index is -0.872. The van der Waals surface area contributed by atoms with Crippen LogP contribution in [0, 0.1) is 24.4 Å². The Morgan fingerprint density at radius 3 is 2.48 bits per heavy atom. The second kappa shape index (κ2) is 5.00. The Hall–Kier alpha value is -2.14. The molecule has 2 aromatic carbocycles. The van der Waals surface area contributed by atoms with Gasteiger partial charge in [0.1, 0.15) is 22.3 Å². The number of benzene rings is 2. The maximum Gasteiger partial charge on any atom is 0.164 e. The van der Waals surface area contributed by atoms with Crippen LogP contribution in [0.4, 0.5) is 13.2 Å². The van der Waals surface area contributed by atoms with Gasteiger partial charge in [-0.2, -0.15) is 0 Å². The molecule has 0 saturated heterocycles. The van der Waals surface area contributed by atoms with Crippen LogP contribution in [0.5, 0.6) is 0 Å². The molecule has 0 N–H and O–H groups in total. The van der Waals surface area contributed by atoms with E-state index in [1.807, 2.05) is 0 Å². The zero-order valence-electron chi connectivity index (χ0n) is 10.8. The Balaban J connectivity index is 2.33. The lowest BCUT2D eigenvalue weighted by atomic mass is 10.1. The maximum atomic E-state index is 13.9. The zero-order chi connectivity index (χ0) is 15.1. The quantitative estimate of drug-likeness (QED) is 0.610. The number of hydrogen-bond acceptors (Lipinski definition) is 2. The molecule has 0 aliphatic carbocycles. The van der Waals surface area contributed by atoms with Gasteiger partial charge in [0, 0.05) is 11.5 Å². The van der Waals surface area contributed by atoms with Gasteiger partial charge in [-0.25, -0.2) is 23.1 Å². The molecule has 0 fully saturated rings. The number of halogens is 4. The number of aromatic nitrogens is 2. The maximum absolute atomic E-state index is 13.9. The molecule has 2 nitrogen and oxygen atoms in total. The highest BCUT2D eigenvalue weighted by Gasteiger charge is 2.15. The van der Waals surface area contributed by atoms with Gasteiger partial charge in [-0.05, 0) is 25.1 Å². The Labute approximate surface area is 123 Å². The Morgan fingerprint density at radius 2 is 1.71 bits per heavy atom. The molecule has 0 radical (unpaired) electrons. The number of fused-ring (bicyclic) bond motifs is 1. The van der Waals surface area contributed by atoms with Crippen LogP contribution in [0.15, 0.2) is 30.3 Å². The molecule has 0 saturated carbocycles. The highest BCUT2D eigenvalue weighted by Crippen LogP contribution is 2.28. The van der Waals surface area contributed by atoms with Gasteiger partial charge >= 0.3 is 0 Å². The van der Waals surface area contributed by atoms with Gasteiger partial charge in [-0.1, -0.05) is 23.2 Å². The van der Waals surface area contributed by atoms with Crippen molar-refractivity contribution in [2.75, 3.05) is 0 Å². The standard InChI is InChI=1S/C15H8ClF3N2/c1-7-2-3-11(18)9(4-7)15-20-13-10(14(16)21-15)5-8(17)6-12(13)19/h2-6H,1H3. The van der Waals surface area contributed by atoms with Gasteiger partial charge in [-0.3, -0.25) is 0 Å². The van der Waals surface area contributed by atoms with Crippen LogP contribution in [0.1, 0.15) is 5.56 Å². The predicted octanol–water partition coefficient (Wildman–Crippen LogP) is 4.68. The molecule has 3 aromatic rings. The molecule has 0 amide bonds. The van der Waals surface area contributed by atoms with E-state index in [2.05, 4.69) is 9.97 Å². The lowest BCUT2D eigenvalue weighted by Crippen LogP contribution is -1.97. The first-order valence-corrected chi connectivity index (χ1v) is 6.42. The minimum absolute atomic E-state index is 0.0424. The van der Waals surface area contributed by atoms with Crippen molar-refractivity contribution in [2.45, 2.75) is 6.92 Å². The monoisotopic (exact) mass is 308 g/mol. The number of nitrogens with zero attached hydrogens (tertiary/aromatic N) is 2. The fourth-order valence-corrected chi connectivity index (χ4v) is 2.28. The highest BCUT2D eigenvalue weighted by molar-refractivity contribution is 6.34. The first-order chi connectivity index (χ1) is 9.95. The van der Waals surface area contributed by atoms with Gasteiger partial charge in [0.25, 0.3) is 0 Å². The van der Waals surface area contributed by atoms with Crippen LogP contribution in [0.25, 0.3) is 22.3 Å². The molecular formula is C15H8ClF3N2. The van der Waals surface area contributed by atoms with Crippen molar-refractivity contribution < 1.29 is 13.2 Å². The SMILES string of the molecule is Cc1ccc(F)c(-c2nc(Cl)c3cc(F)cc(F)c3n2)c1. The summed E-state index contributed by atoms with van der Waals surface area (Å²) in [6, 6.07) is 6.14. The topological polar surface area (TPSA) is 25.8 Å². The number of rotatable bonds is 1. The van der Waals surface area contributed by atoms with Gasteiger partial charge in [0.05, 0.1) is 5.56 Å². The largest absolute Gasteiger partial charge is 0.225 e. The third-order valence-corrected chi connectivity index (χ3v) is 3.32. The summed E-state index contributed by atoms with van der Waals surface area (Å²) in [5, 5.41) is -0.0831. The van der Waals surface area contributed by atoms with Crippen molar-refractivity contribution in [3.63, 3.8) is 0 Å². The second-order valence-electron chi connectivity index (χ2n) is 4.61. The zero-order valence-corrected chi connectivity index (χ0v) is 11.5. The summed E-state index contributed by atoms with van der Waals surface area (Å²) in [5.74, 6) is -2.23. The third-order valence-electron chi connectivity index (χ3n) is 3.03. The first-order valence-electron chi connectivity index (χ1n) is 6.04. The van der Waals surface area contributed by atoms with E-state index in [0.29, 0.717) is 6.07 Å². The first kappa shape index (κ1) is 13.8. The van der Waals surface area contributed by atoms with E-state index in [1.54, 1.807) is 13.0 Å². The van der Waals surface area contributed by atoms with E-state index >= 15 is 0 Å². The normalized spacial score (nSPS) is 11.1. The minimum Gasteiger partial charge on any atom is -0.225 e. The van der Waals surface area contributed by atoms with Crippen LogP contribution in [-0.4, -0.2) is 9.97 Å². The smallest absolute Gasteiger partial charge is 0.164 e. The van der Waals surface area contributed by atoms with Crippen LogP contribution in [-0.2, 0) is 0 Å². The van der Waals surface area contributed by atoms with Gasteiger partial charge in [-0.15, -0.1) is 0 Å². The fourth-order valence-electron chi connectivity index (χ4n) is 2.05. The summed E-state index contributed by atoms with van der Waals surface area (Å²) >= 11 is 5.94. The average molecular weight is 309 g/mol. The summed E-state index contributed by atoms with van der Waals surface area (Å²) in [7, 11) is 0. The molecule has 0 aliphatic rings. The van der Waals surface area contributed by atoms with E-state index in [-0.39, 0.29) is 27.4 Å². The summed E-state index contributed by atoms with van der Waals surface area (Å²) < 4.78 is 40.9. The van der Waals surface area contributed by atoms with E-state index in [0.717, 1.165) is 11.6 Å². The van der Waals surface area contributed by atoms with Crippen molar-refractivity contribution in [1.82, 2.24) is 9.97 Å². The Morgan fingerprint density at radius 1 is 0.952 bits per heavy atom. The molecular weight excluding hydrogens is 301 g/mol.